The van der Waals surface area contributed by atoms with Gasteiger partial charge >= 0.3 is 0 Å². The lowest BCUT2D eigenvalue weighted by Crippen LogP contribution is -2.38. The molecule has 6 nitrogen and oxygen atoms in total. The normalized spacial score (nSPS) is 20.9. The summed E-state index contributed by atoms with van der Waals surface area (Å²) in [6, 6.07) is 0. The fourth-order valence-corrected chi connectivity index (χ4v) is 3.72. The van der Waals surface area contributed by atoms with Crippen LogP contribution in [0.15, 0.2) is 0 Å². The van der Waals surface area contributed by atoms with Crippen molar-refractivity contribution in [3.8, 4) is 0 Å². The summed E-state index contributed by atoms with van der Waals surface area (Å²) in [6.07, 6.45) is 0.0797. The van der Waals surface area contributed by atoms with E-state index in [-0.39, 0.29) is 18.5 Å². The van der Waals surface area contributed by atoms with Crippen molar-refractivity contribution in [3.63, 3.8) is 0 Å². The summed E-state index contributed by atoms with van der Waals surface area (Å²) in [4.78, 5) is 24.4. The average Bonchev–Trinajstić information content (AvgIpc) is 2.26. The minimum Gasteiger partial charge on any atom is -0.379 e. The van der Waals surface area contributed by atoms with Gasteiger partial charge in [0.1, 0.15) is 0 Å². The molecular weight excluding hydrogens is 243 g/mol. The zero-order chi connectivity index (χ0) is 12.9. The highest BCUT2D eigenvalue weighted by atomic mass is 31.2. The number of morpholine rings is 1. The molecular formula is C10H21N2O4P. The van der Waals surface area contributed by atoms with Crippen LogP contribution in [0.5, 0.6) is 0 Å². The van der Waals surface area contributed by atoms with Crippen molar-refractivity contribution in [3.05, 3.63) is 0 Å². The molecule has 1 saturated heterocycles. The van der Waals surface area contributed by atoms with Gasteiger partial charge in [-0.05, 0) is 6.92 Å². The molecule has 1 N–H and O–H groups in total. The maximum atomic E-state index is 12.0. The Kier molecular flexibility index (Phi) is 5.59. The van der Waals surface area contributed by atoms with Gasteiger partial charge in [0, 0.05) is 26.6 Å². The first-order valence-electron chi connectivity index (χ1n) is 5.81. The maximum absolute atomic E-state index is 12.0. The molecule has 0 saturated carbocycles. The molecule has 0 radical (unpaired) electrons. The Bertz CT molecular complexity index is 305. The van der Waals surface area contributed by atoms with Gasteiger partial charge in [0.15, 0.2) is 0 Å². The molecule has 0 aromatic heterocycles. The number of hydrogen-bond donors (Lipinski definition) is 1. The van der Waals surface area contributed by atoms with Gasteiger partial charge in [-0.3, -0.25) is 14.3 Å². The van der Waals surface area contributed by atoms with Crippen LogP contribution in [0.25, 0.3) is 0 Å². The van der Waals surface area contributed by atoms with Crippen molar-refractivity contribution < 1.29 is 19.0 Å². The topological polar surface area (TPSA) is 70.1 Å². The Morgan fingerprint density at radius 2 is 2.06 bits per heavy atom. The van der Waals surface area contributed by atoms with Gasteiger partial charge in [-0.2, -0.15) is 0 Å². The van der Waals surface area contributed by atoms with Crippen LogP contribution >= 0.6 is 7.37 Å². The van der Waals surface area contributed by atoms with Crippen LogP contribution in [0.2, 0.25) is 0 Å². The van der Waals surface area contributed by atoms with E-state index in [0.29, 0.717) is 32.8 Å². The van der Waals surface area contributed by atoms with E-state index in [0.717, 1.165) is 0 Å². The number of nitrogens with zero attached hydrogens (tertiary/aromatic N) is 2. The third-order valence-corrected chi connectivity index (χ3v) is 4.37. The van der Waals surface area contributed by atoms with Crippen LogP contribution in [-0.4, -0.2) is 66.0 Å². The van der Waals surface area contributed by atoms with Crippen molar-refractivity contribution in [2.24, 2.45) is 0 Å². The zero-order valence-electron chi connectivity index (χ0n) is 10.5. The largest absolute Gasteiger partial charge is 0.379 e. The Morgan fingerprint density at radius 3 is 2.53 bits per heavy atom. The van der Waals surface area contributed by atoms with Crippen molar-refractivity contribution in [2.45, 2.75) is 13.8 Å². The minimum atomic E-state index is -3.31. The van der Waals surface area contributed by atoms with E-state index >= 15 is 0 Å². The summed E-state index contributed by atoms with van der Waals surface area (Å²) in [5.41, 5.74) is 0. The van der Waals surface area contributed by atoms with Gasteiger partial charge in [0.25, 0.3) is 0 Å². The first-order chi connectivity index (χ1) is 7.94. The molecule has 1 aliphatic heterocycles. The molecule has 1 rings (SSSR count). The summed E-state index contributed by atoms with van der Waals surface area (Å²) < 4.78 is 17.2. The second-order valence-corrected chi connectivity index (χ2v) is 6.49. The molecule has 0 spiro atoms. The first-order valence-corrected chi connectivity index (χ1v) is 7.84. The summed E-state index contributed by atoms with van der Waals surface area (Å²) >= 11 is 0. The van der Waals surface area contributed by atoms with Crippen LogP contribution in [0.4, 0.5) is 0 Å². The molecule has 0 bridgehead atoms. The molecule has 17 heavy (non-hydrogen) atoms. The van der Waals surface area contributed by atoms with Crippen molar-refractivity contribution in [1.29, 1.82) is 0 Å². The summed E-state index contributed by atoms with van der Waals surface area (Å²) in [5, 5.41) is 0. The average molecular weight is 264 g/mol. The Labute approximate surface area is 102 Å². The third kappa shape index (κ3) is 5.17. The number of hydrogen-bond acceptors (Lipinski definition) is 4. The van der Waals surface area contributed by atoms with E-state index in [4.69, 9.17) is 4.74 Å². The van der Waals surface area contributed by atoms with Gasteiger partial charge in [-0.25, -0.2) is 0 Å². The summed E-state index contributed by atoms with van der Waals surface area (Å²) in [6.45, 7) is 6.24. The number of carbonyl (C=O) groups excluding carboxylic acids is 1. The fourth-order valence-electron chi connectivity index (χ4n) is 1.79. The van der Waals surface area contributed by atoms with E-state index in [1.54, 1.807) is 6.92 Å². The Morgan fingerprint density at radius 1 is 1.47 bits per heavy atom. The van der Waals surface area contributed by atoms with E-state index in [9.17, 15) is 14.3 Å². The van der Waals surface area contributed by atoms with E-state index in [1.807, 2.05) is 4.90 Å². The van der Waals surface area contributed by atoms with Crippen molar-refractivity contribution >= 4 is 13.3 Å². The standard InChI is InChI=1S/C10H21N2O4P/c1-3-12(10(2)13)9-17(14,15)8-11-4-6-16-7-5-11/h3-9H2,1-2H3,(H,14,15). The van der Waals surface area contributed by atoms with Crippen LogP contribution in [0, 0.1) is 0 Å². The molecule has 1 aliphatic rings. The second kappa shape index (κ2) is 6.50. The molecule has 0 aliphatic carbocycles. The van der Waals surface area contributed by atoms with Crippen LogP contribution in [0.3, 0.4) is 0 Å². The first kappa shape index (κ1) is 14.6. The molecule has 1 heterocycles. The lowest BCUT2D eigenvalue weighted by molar-refractivity contribution is -0.127. The maximum Gasteiger partial charge on any atom is 0.232 e. The van der Waals surface area contributed by atoms with Crippen LogP contribution < -0.4 is 0 Å². The lowest BCUT2D eigenvalue weighted by Gasteiger charge is -2.30. The minimum absolute atomic E-state index is 0.0593. The molecule has 0 aromatic carbocycles. The van der Waals surface area contributed by atoms with Gasteiger partial charge in [0.05, 0.1) is 25.8 Å². The number of amides is 1. The molecule has 1 fully saturated rings. The molecule has 1 atom stereocenters. The highest BCUT2D eigenvalue weighted by molar-refractivity contribution is 7.57. The van der Waals surface area contributed by atoms with Gasteiger partial charge in [-0.15, -0.1) is 0 Å². The zero-order valence-corrected chi connectivity index (χ0v) is 11.4. The number of carbonyl (C=O) groups is 1. The third-order valence-electron chi connectivity index (χ3n) is 2.74. The SMILES string of the molecule is CCN(CP(=O)(O)CN1CCOCC1)C(C)=O. The van der Waals surface area contributed by atoms with Crippen molar-refractivity contribution in [1.82, 2.24) is 9.80 Å². The lowest BCUT2D eigenvalue weighted by atomic mass is 10.5. The number of rotatable bonds is 5. The van der Waals surface area contributed by atoms with E-state index in [1.165, 1.54) is 11.8 Å². The molecule has 1 unspecified atom stereocenters. The van der Waals surface area contributed by atoms with Gasteiger partial charge in [-0.1, -0.05) is 0 Å². The molecule has 100 valence electrons. The smallest absolute Gasteiger partial charge is 0.232 e. The van der Waals surface area contributed by atoms with E-state index in [2.05, 4.69) is 0 Å². The summed E-state index contributed by atoms with van der Waals surface area (Å²) in [7, 11) is -3.31. The second-order valence-electron chi connectivity index (χ2n) is 4.23. The van der Waals surface area contributed by atoms with Gasteiger partial charge < -0.3 is 14.5 Å². The Hall–Kier alpha value is -0.420. The van der Waals surface area contributed by atoms with Crippen LogP contribution in [-0.2, 0) is 14.1 Å². The van der Waals surface area contributed by atoms with Crippen LogP contribution in [0.1, 0.15) is 13.8 Å². The fraction of sp³-hybridized carbons (Fsp3) is 0.900. The molecule has 1 amide bonds. The number of ether oxygens (including phenoxy) is 1. The highest BCUT2D eigenvalue weighted by Gasteiger charge is 2.27. The van der Waals surface area contributed by atoms with Crippen molar-refractivity contribution in [2.75, 3.05) is 45.4 Å². The van der Waals surface area contributed by atoms with E-state index < -0.39 is 7.37 Å². The Balaban J connectivity index is 2.48. The highest BCUT2D eigenvalue weighted by Crippen LogP contribution is 2.41. The predicted octanol–water partition coefficient (Wildman–Crippen LogP) is 0.372. The summed E-state index contributed by atoms with van der Waals surface area (Å²) in [5.74, 6) is -0.163. The monoisotopic (exact) mass is 264 g/mol. The quantitative estimate of drug-likeness (QED) is 0.727. The predicted molar refractivity (Wildman–Crippen MR) is 65.0 cm³/mol. The molecule has 0 aromatic rings. The molecule has 7 heteroatoms. The van der Waals surface area contributed by atoms with Gasteiger partial charge in [0.2, 0.25) is 13.3 Å².